The van der Waals surface area contributed by atoms with Crippen LogP contribution in [-0.4, -0.2) is 87.7 Å². The van der Waals surface area contributed by atoms with E-state index in [2.05, 4.69) is 0 Å². The van der Waals surface area contributed by atoms with E-state index < -0.39 is 85.2 Å². The Labute approximate surface area is 170 Å². The molecule has 12 N–H and O–H groups in total. The highest BCUT2D eigenvalue weighted by Crippen LogP contribution is 2.00. The molecule has 0 heterocycles. The summed E-state index contributed by atoms with van der Waals surface area (Å²) in [6.45, 7) is 0.143. The zero-order chi connectivity index (χ0) is 23.6. The average molecular weight is 434 g/mol. The zero-order valence-electron chi connectivity index (χ0n) is 16.0. The lowest BCUT2D eigenvalue weighted by Gasteiger charge is -2.24. The lowest BCUT2D eigenvalue weighted by molar-refractivity contribution is -0.145. The molecule has 30 heavy (non-hydrogen) atoms. The van der Waals surface area contributed by atoms with Gasteiger partial charge in [0.2, 0.25) is 29.5 Å². The van der Waals surface area contributed by atoms with Gasteiger partial charge in [-0.25, -0.2) is 4.79 Å². The smallest absolute Gasteiger partial charge is 0.328 e. The van der Waals surface area contributed by atoms with E-state index >= 15 is 0 Å². The second-order valence-corrected chi connectivity index (χ2v) is 6.32. The molecular weight excluding hydrogens is 408 g/mol. The van der Waals surface area contributed by atoms with Gasteiger partial charge in [-0.15, -0.1) is 0 Å². The largest absolute Gasteiger partial charge is 0.480 e. The SMILES string of the molecule is CC(O)C(NC(=O)C(CC(N)=O)NC(=O)C(CO)NC(=O)C(N)CC(N)=O)C(=O)O. The molecule has 15 nitrogen and oxygen atoms in total. The number of carbonyl (C=O) groups is 6. The number of primary amides is 2. The van der Waals surface area contributed by atoms with Crippen molar-refractivity contribution in [3.8, 4) is 0 Å². The maximum Gasteiger partial charge on any atom is 0.328 e. The fraction of sp³-hybridized carbons (Fsp3) is 0.600. The normalized spacial score (nSPS) is 15.6. The van der Waals surface area contributed by atoms with Crippen molar-refractivity contribution in [3.63, 3.8) is 0 Å². The molecule has 0 aliphatic heterocycles. The van der Waals surface area contributed by atoms with Crippen molar-refractivity contribution in [2.75, 3.05) is 6.61 Å². The highest BCUT2D eigenvalue weighted by Gasteiger charge is 2.32. The van der Waals surface area contributed by atoms with E-state index in [0.29, 0.717) is 0 Å². The predicted molar refractivity (Wildman–Crippen MR) is 97.8 cm³/mol. The average Bonchev–Trinajstić information content (AvgIpc) is 2.61. The number of aliphatic carboxylic acids is 1. The molecule has 0 bridgehead atoms. The highest BCUT2D eigenvalue weighted by molar-refractivity contribution is 5.96. The number of nitrogens with two attached hydrogens (primary N) is 3. The molecule has 0 aromatic carbocycles. The van der Waals surface area contributed by atoms with Crippen LogP contribution in [0.1, 0.15) is 19.8 Å². The Bertz CT molecular complexity index is 684. The number of amides is 5. The van der Waals surface area contributed by atoms with Crippen LogP contribution in [0.4, 0.5) is 0 Å². The van der Waals surface area contributed by atoms with Crippen LogP contribution in [0.2, 0.25) is 0 Å². The summed E-state index contributed by atoms with van der Waals surface area (Å²) >= 11 is 0. The monoisotopic (exact) mass is 434 g/mol. The van der Waals surface area contributed by atoms with Gasteiger partial charge in [0, 0.05) is 0 Å². The molecular formula is C15H26N6O9. The van der Waals surface area contributed by atoms with Crippen molar-refractivity contribution in [2.24, 2.45) is 17.2 Å². The fourth-order valence-corrected chi connectivity index (χ4v) is 2.11. The predicted octanol–water partition coefficient (Wildman–Crippen LogP) is -6.02. The summed E-state index contributed by atoms with van der Waals surface area (Å²) in [5.41, 5.74) is 15.3. The molecule has 5 amide bonds. The van der Waals surface area contributed by atoms with Crippen LogP contribution in [0, 0.1) is 0 Å². The van der Waals surface area contributed by atoms with Crippen LogP contribution in [-0.2, 0) is 28.8 Å². The van der Waals surface area contributed by atoms with E-state index in [-0.39, 0.29) is 0 Å². The Morgan fingerprint density at radius 3 is 1.70 bits per heavy atom. The number of nitrogens with one attached hydrogen (secondary N) is 3. The molecule has 0 aliphatic rings. The number of rotatable bonds is 13. The van der Waals surface area contributed by atoms with Crippen molar-refractivity contribution in [2.45, 2.75) is 50.0 Å². The molecule has 170 valence electrons. The van der Waals surface area contributed by atoms with Gasteiger partial charge in [-0.2, -0.15) is 0 Å². The molecule has 15 heteroatoms. The van der Waals surface area contributed by atoms with Crippen molar-refractivity contribution < 1.29 is 44.1 Å². The van der Waals surface area contributed by atoms with Crippen molar-refractivity contribution in [3.05, 3.63) is 0 Å². The molecule has 5 atom stereocenters. The van der Waals surface area contributed by atoms with E-state index in [1.165, 1.54) is 0 Å². The number of carboxylic acids is 1. The third-order valence-electron chi connectivity index (χ3n) is 3.66. The van der Waals surface area contributed by atoms with E-state index in [0.717, 1.165) is 6.92 Å². The maximum absolute atomic E-state index is 12.3. The first-order valence-corrected chi connectivity index (χ1v) is 8.55. The van der Waals surface area contributed by atoms with Gasteiger partial charge in [0.05, 0.1) is 31.6 Å². The summed E-state index contributed by atoms with van der Waals surface area (Å²) in [5, 5.41) is 33.7. The Morgan fingerprint density at radius 2 is 1.30 bits per heavy atom. The maximum atomic E-state index is 12.3. The summed E-state index contributed by atoms with van der Waals surface area (Å²) in [6.07, 6.45) is -2.79. The third-order valence-corrected chi connectivity index (χ3v) is 3.66. The fourth-order valence-electron chi connectivity index (χ4n) is 2.11. The summed E-state index contributed by atoms with van der Waals surface area (Å²) in [5.74, 6) is -6.80. The molecule has 0 saturated carbocycles. The first-order valence-electron chi connectivity index (χ1n) is 8.55. The Kier molecular flexibility index (Phi) is 10.9. The van der Waals surface area contributed by atoms with Gasteiger partial charge in [-0.1, -0.05) is 0 Å². The number of hydrogen-bond donors (Lipinski definition) is 9. The lowest BCUT2D eigenvalue weighted by atomic mass is 10.1. The van der Waals surface area contributed by atoms with Crippen molar-refractivity contribution >= 4 is 35.5 Å². The first kappa shape index (κ1) is 26.7. The first-order chi connectivity index (χ1) is 13.8. The molecule has 0 aliphatic carbocycles. The van der Waals surface area contributed by atoms with Gasteiger partial charge >= 0.3 is 5.97 Å². The number of aliphatic hydroxyl groups excluding tert-OH is 2. The van der Waals surface area contributed by atoms with Gasteiger partial charge in [-0.3, -0.25) is 24.0 Å². The molecule has 0 radical (unpaired) electrons. The van der Waals surface area contributed by atoms with Crippen molar-refractivity contribution in [1.29, 1.82) is 0 Å². The molecule has 0 rings (SSSR count). The van der Waals surface area contributed by atoms with Gasteiger partial charge in [0.15, 0.2) is 6.04 Å². The molecule has 0 spiro atoms. The minimum absolute atomic E-state index is 0.534. The highest BCUT2D eigenvalue weighted by atomic mass is 16.4. The van der Waals surface area contributed by atoms with Crippen LogP contribution >= 0.6 is 0 Å². The van der Waals surface area contributed by atoms with E-state index in [1.807, 2.05) is 16.0 Å². The quantitative estimate of drug-likeness (QED) is 0.132. The van der Waals surface area contributed by atoms with Crippen LogP contribution in [0.3, 0.4) is 0 Å². The third kappa shape index (κ3) is 9.26. The van der Waals surface area contributed by atoms with Gasteiger partial charge in [0.1, 0.15) is 12.1 Å². The van der Waals surface area contributed by atoms with Crippen LogP contribution in [0.25, 0.3) is 0 Å². The second-order valence-electron chi connectivity index (χ2n) is 6.32. The Balaban J connectivity index is 5.28. The topological polar surface area (TPSA) is 277 Å². The number of hydrogen-bond acceptors (Lipinski definition) is 9. The number of carboxylic acid groups (broad SMARTS) is 1. The second kappa shape index (κ2) is 12.3. The molecule has 0 saturated heterocycles. The standard InChI is InChI=1S/C15H26N6O9/c1-5(23)11(15(29)30)21-13(27)7(3-10(18)25)19-14(28)8(4-22)20-12(26)6(16)2-9(17)24/h5-8,11,22-23H,2-4,16H2,1H3,(H2,17,24)(H2,18,25)(H,19,28)(H,20,26)(H,21,27)(H,29,30). The van der Waals surface area contributed by atoms with Gasteiger partial charge in [0.25, 0.3) is 0 Å². The summed E-state index contributed by atoms with van der Waals surface area (Å²) < 4.78 is 0. The van der Waals surface area contributed by atoms with Crippen LogP contribution < -0.4 is 33.2 Å². The minimum atomic E-state index is -1.75. The van der Waals surface area contributed by atoms with E-state index in [9.17, 15) is 39.0 Å². The Morgan fingerprint density at radius 1 is 0.833 bits per heavy atom. The van der Waals surface area contributed by atoms with Crippen molar-refractivity contribution in [1.82, 2.24) is 16.0 Å². The molecule has 5 unspecified atom stereocenters. The van der Waals surface area contributed by atoms with E-state index in [1.54, 1.807) is 0 Å². The molecule has 0 fully saturated rings. The van der Waals surface area contributed by atoms with Gasteiger partial charge in [-0.05, 0) is 6.92 Å². The lowest BCUT2D eigenvalue weighted by Crippen LogP contribution is -2.59. The summed E-state index contributed by atoms with van der Waals surface area (Å²) in [6, 6.07) is -6.46. The Hall–Kier alpha value is -3.30. The molecule has 0 aromatic heterocycles. The zero-order valence-corrected chi connectivity index (χ0v) is 16.0. The number of carbonyl (C=O) groups excluding carboxylic acids is 5. The van der Waals surface area contributed by atoms with Gasteiger partial charge < -0.3 is 48.5 Å². The summed E-state index contributed by atoms with van der Waals surface area (Å²) in [4.78, 5) is 69.5. The molecule has 0 aromatic rings. The van der Waals surface area contributed by atoms with Crippen LogP contribution in [0.15, 0.2) is 0 Å². The van der Waals surface area contributed by atoms with Crippen LogP contribution in [0.5, 0.6) is 0 Å². The van der Waals surface area contributed by atoms with E-state index in [4.69, 9.17) is 22.3 Å². The number of aliphatic hydroxyl groups is 2. The minimum Gasteiger partial charge on any atom is -0.480 e. The summed E-state index contributed by atoms with van der Waals surface area (Å²) in [7, 11) is 0.